The van der Waals surface area contributed by atoms with Crippen LogP contribution < -0.4 is 0 Å². The van der Waals surface area contributed by atoms with E-state index in [1.807, 2.05) is 12.3 Å². The van der Waals surface area contributed by atoms with Crippen molar-refractivity contribution in [1.29, 1.82) is 0 Å². The van der Waals surface area contributed by atoms with E-state index in [9.17, 15) is 5.11 Å². The van der Waals surface area contributed by atoms with Crippen LogP contribution in [0.5, 0.6) is 5.75 Å². The maximum Gasteiger partial charge on any atom is 0.150 e. The molecule has 4 heteroatoms. The van der Waals surface area contributed by atoms with Crippen molar-refractivity contribution < 1.29 is 5.11 Å². The zero-order valence-electron chi connectivity index (χ0n) is 31.5. The number of phenols is 1. The van der Waals surface area contributed by atoms with Crippen LogP contribution in [-0.4, -0.2) is 19.5 Å². The quantitative estimate of drug-likeness (QED) is 0.187. The molecule has 10 rings (SSSR count). The van der Waals surface area contributed by atoms with Crippen molar-refractivity contribution in [3.8, 4) is 39.3 Å². The Morgan fingerprint density at radius 3 is 1.96 bits per heavy atom. The average molecular weight is 700 g/mol. The van der Waals surface area contributed by atoms with Crippen molar-refractivity contribution in [2.75, 3.05) is 0 Å². The van der Waals surface area contributed by atoms with Crippen LogP contribution in [-0.2, 0) is 10.8 Å². The second-order valence-corrected chi connectivity index (χ2v) is 16.9. The van der Waals surface area contributed by atoms with Gasteiger partial charge < -0.3 is 5.11 Å². The summed E-state index contributed by atoms with van der Waals surface area (Å²) in [5, 5.41) is 20.0. The molecule has 0 bridgehead atoms. The number of phenolic OH excluding ortho intramolecular Hbond substituents is 1. The van der Waals surface area contributed by atoms with Crippen LogP contribution in [0, 0.1) is 0 Å². The van der Waals surface area contributed by atoms with Gasteiger partial charge in [-0.2, -0.15) is 0 Å². The van der Waals surface area contributed by atoms with Crippen LogP contribution in [0.4, 0.5) is 0 Å². The van der Waals surface area contributed by atoms with Crippen LogP contribution in [0.3, 0.4) is 0 Å². The molecule has 0 unspecified atom stereocenters. The van der Waals surface area contributed by atoms with Gasteiger partial charge in [0, 0.05) is 39.0 Å². The van der Waals surface area contributed by atoms with Gasteiger partial charge in [-0.3, -0.25) is 9.38 Å². The highest BCUT2D eigenvalue weighted by Crippen LogP contribution is 2.47. The van der Waals surface area contributed by atoms with E-state index in [0.717, 1.165) is 93.6 Å². The fraction of sp³-hybridized carbons (Fsp3) is 0.160. The molecule has 0 atom stereocenters. The molecule has 0 aliphatic heterocycles. The Bertz CT molecular complexity index is 3120. The summed E-state index contributed by atoms with van der Waals surface area (Å²) < 4.78 is 2.29. The Labute approximate surface area is 314 Å². The zero-order valence-corrected chi connectivity index (χ0v) is 31.5. The van der Waals surface area contributed by atoms with Crippen molar-refractivity contribution in [3.63, 3.8) is 0 Å². The van der Waals surface area contributed by atoms with Gasteiger partial charge in [0.1, 0.15) is 11.4 Å². The molecule has 3 heterocycles. The molecule has 7 aromatic carbocycles. The lowest BCUT2D eigenvalue weighted by molar-refractivity contribution is 0.453. The topological polar surface area (TPSA) is 50.4 Å². The first-order valence-corrected chi connectivity index (χ1v) is 18.8. The molecule has 0 spiro atoms. The lowest BCUT2D eigenvalue weighted by atomic mass is 9.83. The Kier molecular flexibility index (Phi) is 6.82. The van der Waals surface area contributed by atoms with Crippen LogP contribution >= 0.6 is 0 Å². The molecular weight excluding hydrogens is 659 g/mol. The summed E-state index contributed by atoms with van der Waals surface area (Å²) in [5.41, 5.74) is 11.9. The number of benzene rings is 7. The third kappa shape index (κ3) is 4.83. The summed E-state index contributed by atoms with van der Waals surface area (Å²) in [7, 11) is 0. The van der Waals surface area contributed by atoms with Gasteiger partial charge in [0.2, 0.25) is 0 Å². The summed E-state index contributed by atoms with van der Waals surface area (Å²) >= 11 is 0. The summed E-state index contributed by atoms with van der Waals surface area (Å²) in [6.45, 7) is 13.3. The molecule has 0 aliphatic rings. The van der Waals surface area contributed by atoms with E-state index in [1.165, 1.54) is 10.9 Å². The minimum Gasteiger partial charge on any atom is -0.507 e. The van der Waals surface area contributed by atoms with E-state index in [4.69, 9.17) is 9.97 Å². The number of hydrogen-bond donors (Lipinski definition) is 1. The molecule has 54 heavy (non-hydrogen) atoms. The van der Waals surface area contributed by atoms with Crippen molar-refractivity contribution in [2.24, 2.45) is 0 Å². The van der Waals surface area contributed by atoms with Gasteiger partial charge in [-0.25, -0.2) is 4.98 Å². The highest BCUT2D eigenvalue weighted by atomic mass is 16.3. The fourth-order valence-corrected chi connectivity index (χ4v) is 8.54. The second-order valence-electron chi connectivity index (χ2n) is 16.9. The second kappa shape index (κ2) is 11.4. The predicted molar refractivity (Wildman–Crippen MR) is 227 cm³/mol. The van der Waals surface area contributed by atoms with Gasteiger partial charge in [0.05, 0.1) is 27.6 Å². The van der Waals surface area contributed by atoms with E-state index in [-0.39, 0.29) is 10.8 Å². The van der Waals surface area contributed by atoms with Crippen molar-refractivity contribution >= 4 is 59.9 Å². The highest BCUT2D eigenvalue weighted by molar-refractivity contribution is 6.32. The molecule has 3 aromatic heterocycles. The zero-order chi connectivity index (χ0) is 37.1. The Morgan fingerprint density at radius 2 is 1.20 bits per heavy atom. The number of fused-ring (bicyclic) bond motifs is 5. The summed E-state index contributed by atoms with van der Waals surface area (Å²) in [5.74, 6) is 0.298. The van der Waals surface area contributed by atoms with Gasteiger partial charge in [-0.1, -0.05) is 126 Å². The van der Waals surface area contributed by atoms with Crippen molar-refractivity contribution in [2.45, 2.75) is 52.4 Å². The molecule has 262 valence electrons. The maximum absolute atomic E-state index is 12.4. The van der Waals surface area contributed by atoms with Crippen LogP contribution in [0.1, 0.15) is 52.7 Å². The average Bonchev–Trinajstić information content (AvgIpc) is 3.49. The molecular formula is C50H41N3O. The monoisotopic (exact) mass is 699 g/mol. The maximum atomic E-state index is 12.4. The number of para-hydroxylation sites is 1. The third-order valence-corrected chi connectivity index (χ3v) is 11.3. The predicted octanol–water partition coefficient (Wildman–Crippen LogP) is 13.2. The van der Waals surface area contributed by atoms with E-state index < -0.39 is 0 Å². The van der Waals surface area contributed by atoms with Gasteiger partial charge in [-0.15, -0.1) is 0 Å². The molecule has 10 aromatic rings. The lowest BCUT2D eigenvalue weighted by Crippen LogP contribution is -2.11. The first-order valence-electron chi connectivity index (χ1n) is 18.8. The lowest BCUT2D eigenvalue weighted by Gasteiger charge is -2.22. The van der Waals surface area contributed by atoms with Crippen LogP contribution in [0.25, 0.3) is 93.4 Å². The molecule has 0 radical (unpaired) electrons. The first kappa shape index (κ1) is 32.4. The third-order valence-electron chi connectivity index (χ3n) is 11.3. The van der Waals surface area contributed by atoms with E-state index in [2.05, 4.69) is 167 Å². The minimum atomic E-state index is -0.285. The number of pyridine rings is 1. The standard InChI is InChI=1S/C50H41N3O/c1-49(2,3)36-25-34(24-35(26-36)39-28-32(22-23-51-39)29-12-8-7-9-13-29)37-15-11-17-41-46(37)52-48-45-44-33(27-38(47(45)54)50(4,5)6)21-20-31-19-18-30-14-10-16-40(53(41)48)42(30)43(31)44/h7-28,54H,1-6H3. The minimum absolute atomic E-state index is 0.107. The largest absolute Gasteiger partial charge is 0.507 e. The smallest absolute Gasteiger partial charge is 0.150 e. The van der Waals surface area contributed by atoms with Gasteiger partial charge >= 0.3 is 0 Å². The Hall–Kier alpha value is -6.26. The highest BCUT2D eigenvalue weighted by Gasteiger charge is 2.27. The van der Waals surface area contributed by atoms with Gasteiger partial charge in [-0.05, 0) is 91.7 Å². The van der Waals surface area contributed by atoms with E-state index in [0.29, 0.717) is 5.75 Å². The number of aromatic nitrogens is 3. The number of nitrogens with zero attached hydrogens (tertiary/aromatic N) is 3. The molecule has 0 aliphatic carbocycles. The summed E-state index contributed by atoms with van der Waals surface area (Å²) in [6, 6.07) is 45.7. The van der Waals surface area contributed by atoms with Crippen molar-refractivity contribution in [3.05, 3.63) is 145 Å². The Balaban J connectivity index is 1.33. The summed E-state index contributed by atoms with van der Waals surface area (Å²) in [6.07, 6.45) is 1.91. The number of imidazole rings is 1. The molecule has 0 saturated carbocycles. The van der Waals surface area contributed by atoms with Crippen LogP contribution in [0.2, 0.25) is 0 Å². The molecule has 0 fully saturated rings. The van der Waals surface area contributed by atoms with Crippen molar-refractivity contribution in [1.82, 2.24) is 14.4 Å². The summed E-state index contributed by atoms with van der Waals surface area (Å²) in [4.78, 5) is 10.5. The first-order chi connectivity index (χ1) is 26.0. The fourth-order valence-electron chi connectivity index (χ4n) is 8.54. The number of aromatic hydroxyl groups is 1. The van der Waals surface area contributed by atoms with Gasteiger partial charge in [0.25, 0.3) is 0 Å². The van der Waals surface area contributed by atoms with Gasteiger partial charge in [0.15, 0.2) is 0 Å². The Morgan fingerprint density at radius 1 is 0.519 bits per heavy atom. The van der Waals surface area contributed by atoms with E-state index in [1.54, 1.807) is 0 Å². The number of hydrogen-bond acceptors (Lipinski definition) is 3. The molecule has 1 N–H and O–H groups in total. The number of rotatable bonds is 3. The molecule has 0 amide bonds. The molecule has 0 saturated heterocycles. The normalized spacial score (nSPS) is 12.7. The van der Waals surface area contributed by atoms with E-state index >= 15 is 0 Å². The SMILES string of the molecule is CC(C)(C)c1cc(-c2cc(-c3ccccc3)ccn2)cc(-c2cccc3c2nc2c4c(O)c(C(C)(C)C)cc5ccc6ccc7cccc(c7c6c54)n32)c1. The molecule has 4 nitrogen and oxygen atoms in total. The van der Waals surface area contributed by atoms with Crippen LogP contribution in [0.15, 0.2) is 134 Å².